The van der Waals surface area contributed by atoms with Crippen molar-refractivity contribution in [1.29, 1.82) is 0 Å². The molecule has 22 heavy (non-hydrogen) atoms. The maximum atomic E-state index is 11.8. The number of carbonyl (C=O) groups is 1. The molecular weight excluding hydrogens is 282 g/mol. The zero-order valence-corrected chi connectivity index (χ0v) is 12.1. The van der Waals surface area contributed by atoms with Crippen LogP contribution in [0.5, 0.6) is 0 Å². The highest BCUT2D eigenvalue weighted by Gasteiger charge is 2.05. The Morgan fingerprint density at radius 3 is 2.41 bits per heavy atom. The highest BCUT2D eigenvalue weighted by molar-refractivity contribution is 5.93. The minimum absolute atomic E-state index is 0.0993. The number of nitro groups is 1. The average molecular weight is 299 g/mol. The molecule has 0 unspecified atom stereocenters. The lowest BCUT2D eigenvalue weighted by Gasteiger charge is -2.05. The molecule has 0 saturated heterocycles. The van der Waals surface area contributed by atoms with E-state index in [2.05, 4.69) is 10.3 Å². The summed E-state index contributed by atoms with van der Waals surface area (Å²) in [6, 6.07) is 9.92. The van der Waals surface area contributed by atoms with E-state index in [9.17, 15) is 14.9 Å². The topological polar surface area (TPSA) is 85.1 Å². The van der Waals surface area contributed by atoms with Crippen LogP contribution in [0.25, 0.3) is 0 Å². The van der Waals surface area contributed by atoms with Gasteiger partial charge in [-0.25, -0.2) is 0 Å². The Kier molecular flexibility index (Phi) is 5.59. The number of nitro benzene ring substituents is 1. The molecule has 2 rings (SSSR count). The maximum absolute atomic E-state index is 11.8. The van der Waals surface area contributed by atoms with Gasteiger partial charge in [0, 0.05) is 36.6 Å². The van der Waals surface area contributed by atoms with E-state index in [-0.39, 0.29) is 11.6 Å². The number of non-ortho nitro benzene ring substituents is 1. The van der Waals surface area contributed by atoms with Crippen LogP contribution >= 0.6 is 0 Å². The first-order valence-electron chi connectivity index (χ1n) is 7.08. The van der Waals surface area contributed by atoms with Crippen LogP contribution in [0, 0.1) is 10.1 Å². The third-order valence-corrected chi connectivity index (χ3v) is 3.27. The highest BCUT2D eigenvalue weighted by atomic mass is 16.6. The first-order valence-corrected chi connectivity index (χ1v) is 7.08. The van der Waals surface area contributed by atoms with Crippen LogP contribution in [0.3, 0.4) is 0 Å². The van der Waals surface area contributed by atoms with Crippen molar-refractivity contribution in [3.63, 3.8) is 0 Å². The van der Waals surface area contributed by atoms with Gasteiger partial charge in [0.1, 0.15) is 0 Å². The summed E-state index contributed by atoms with van der Waals surface area (Å²) < 4.78 is 0. The Balaban J connectivity index is 1.67. The van der Waals surface area contributed by atoms with Crippen LogP contribution in [-0.2, 0) is 6.42 Å². The SMILES string of the molecule is O=C(NCCCCc1ccc([N+](=O)[O-])cc1)c1ccncc1. The van der Waals surface area contributed by atoms with Crippen molar-refractivity contribution in [1.82, 2.24) is 10.3 Å². The quantitative estimate of drug-likeness (QED) is 0.484. The van der Waals surface area contributed by atoms with Crippen molar-refractivity contribution in [3.05, 3.63) is 70.0 Å². The fourth-order valence-corrected chi connectivity index (χ4v) is 2.05. The van der Waals surface area contributed by atoms with Crippen molar-refractivity contribution in [2.24, 2.45) is 0 Å². The molecule has 0 spiro atoms. The van der Waals surface area contributed by atoms with Gasteiger partial charge in [-0.05, 0) is 37.0 Å². The summed E-state index contributed by atoms with van der Waals surface area (Å²) in [5.41, 5.74) is 1.77. The zero-order chi connectivity index (χ0) is 15.8. The van der Waals surface area contributed by atoms with Gasteiger partial charge in [0.15, 0.2) is 0 Å². The van der Waals surface area contributed by atoms with Crippen LogP contribution < -0.4 is 5.32 Å². The molecule has 0 radical (unpaired) electrons. The third-order valence-electron chi connectivity index (χ3n) is 3.27. The highest BCUT2D eigenvalue weighted by Crippen LogP contribution is 2.13. The molecule has 114 valence electrons. The molecule has 1 aromatic heterocycles. The van der Waals surface area contributed by atoms with E-state index < -0.39 is 4.92 Å². The molecule has 0 fully saturated rings. The Bertz CT molecular complexity index is 627. The fraction of sp³-hybridized carbons (Fsp3) is 0.250. The number of benzene rings is 1. The van der Waals surface area contributed by atoms with Crippen molar-refractivity contribution in [2.75, 3.05) is 6.54 Å². The summed E-state index contributed by atoms with van der Waals surface area (Å²) >= 11 is 0. The summed E-state index contributed by atoms with van der Waals surface area (Å²) in [7, 11) is 0. The number of pyridine rings is 1. The van der Waals surface area contributed by atoms with Gasteiger partial charge in [-0.2, -0.15) is 0 Å². The Morgan fingerprint density at radius 1 is 1.09 bits per heavy atom. The number of amides is 1. The molecule has 0 bridgehead atoms. The van der Waals surface area contributed by atoms with E-state index in [4.69, 9.17) is 0 Å². The van der Waals surface area contributed by atoms with Gasteiger partial charge >= 0.3 is 0 Å². The van der Waals surface area contributed by atoms with Gasteiger partial charge in [0.2, 0.25) is 0 Å². The van der Waals surface area contributed by atoms with Gasteiger partial charge in [-0.15, -0.1) is 0 Å². The van der Waals surface area contributed by atoms with Crippen LogP contribution in [0.1, 0.15) is 28.8 Å². The van der Waals surface area contributed by atoms with E-state index >= 15 is 0 Å². The second kappa shape index (κ2) is 7.87. The fourth-order valence-electron chi connectivity index (χ4n) is 2.05. The molecule has 0 aliphatic carbocycles. The van der Waals surface area contributed by atoms with E-state index in [1.165, 1.54) is 12.1 Å². The molecule has 6 heteroatoms. The minimum atomic E-state index is -0.404. The number of hydrogen-bond donors (Lipinski definition) is 1. The number of hydrogen-bond acceptors (Lipinski definition) is 4. The number of rotatable bonds is 7. The first kappa shape index (κ1) is 15.6. The van der Waals surface area contributed by atoms with E-state index in [0.717, 1.165) is 24.8 Å². The predicted molar refractivity (Wildman–Crippen MR) is 82.6 cm³/mol. The lowest BCUT2D eigenvalue weighted by molar-refractivity contribution is -0.384. The largest absolute Gasteiger partial charge is 0.352 e. The van der Waals surface area contributed by atoms with Gasteiger partial charge in [-0.3, -0.25) is 19.9 Å². The summed E-state index contributed by atoms with van der Waals surface area (Å²) in [6.45, 7) is 0.605. The number of nitrogens with one attached hydrogen (secondary N) is 1. The van der Waals surface area contributed by atoms with E-state index in [1.807, 2.05) is 0 Å². The van der Waals surface area contributed by atoms with Crippen LogP contribution in [0.2, 0.25) is 0 Å². The molecular formula is C16H17N3O3. The Hall–Kier alpha value is -2.76. The van der Waals surface area contributed by atoms with Crippen LogP contribution in [0.15, 0.2) is 48.8 Å². The minimum Gasteiger partial charge on any atom is -0.352 e. The Labute approximate surface area is 128 Å². The van der Waals surface area contributed by atoms with Crippen LogP contribution in [-0.4, -0.2) is 22.4 Å². The number of nitrogens with zero attached hydrogens (tertiary/aromatic N) is 2. The van der Waals surface area contributed by atoms with Gasteiger partial charge in [-0.1, -0.05) is 12.1 Å². The molecule has 0 aliphatic heterocycles. The molecule has 0 atom stereocenters. The molecule has 0 aliphatic rings. The predicted octanol–water partition coefficient (Wildman–Crippen LogP) is 2.74. The van der Waals surface area contributed by atoms with Crippen LogP contribution in [0.4, 0.5) is 5.69 Å². The Morgan fingerprint density at radius 2 is 1.77 bits per heavy atom. The number of unbranched alkanes of at least 4 members (excludes halogenated alkanes) is 1. The van der Waals surface area contributed by atoms with Gasteiger partial charge in [0.05, 0.1) is 4.92 Å². The third kappa shape index (κ3) is 4.66. The van der Waals surface area contributed by atoms with Crippen molar-refractivity contribution >= 4 is 11.6 Å². The molecule has 6 nitrogen and oxygen atoms in total. The average Bonchev–Trinajstić information content (AvgIpc) is 2.55. The second-order valence-electron chi connectivity index (χ2n) is 4.87. The maximum Gasteiger partial charge on any atom is 0.269 e. The summed E-state index contributed by atoms with van der Waals surface area (Å²) in [6.07, 6.45) is 5.78. The summed E-state index contributed by atoms with van der Waals surface area (Å²) in [4.78, 5) is 25.8. The molecule has 1 N–H and O–H groups in total. The summed E-state index contributed by atoms with van der Waals surface area (Å²) in [5.74, 6) is -0.0993. The molecule has 0 saturated carbocycles. The standard InChI is InChI=1S/C16H17N3O3/c20-16(14-8-11-17-12-9-14)18-10-2-1-3-13-4-6-15(7-5-13)19(21)22/h4-9,11-12H,1-3,10H2,(H,18,20). The monoisotopic (exact) mass is 299 g/mol. The smallest absolute Gasteiger partial charge is 0.269 e. The van der Waals surface area contributed by atoms with Crippen molar-refractivity contribution in [2.45, 2.75) is 19.3 Å². The number of carbonyl (C=O) groups excluding carboxylic acids is 1. The lowest BCUT2D eigenvalue weighted by atomic mass is 10.1. The normalized spacial score (nSPS) is 10.2. The van der Waals surface area contributed by atoms with E-state index in [0.29, 0.717) is 12.1 Å². The molecule has 1 heterocycles. The van der Waals surface area contributed by atoms with Gasteiger partial charge in [0.25, 0.3) is 11.6 Å². The van der Waals surface area contributed by atoms with Crippen molar-refractivity contribution < 1.29 is 9.72 Å². The van der Waals surface area contributed by atoms with Crippen molar-refractivity contribution in [3.8, 4) is 0 Å². The molecule has 2 aromatic rings. The summed E-state index contributed by atoms with van der Waals surface area (Å²) in [5, 5.41) is 13.4. The van der Waals surface area contributed by atoms with Gasteiger partial charge < -0.3 is 5.32 Å². The second-order valence-corrected chi connectivity index (χ2v) is 4.87. The number of aryl methyl sites for hydroxylation is 1. The number of aromatic nitrogens is 1. The lowest BCUT2D eigenvalue weighted by Crippen LogP contribution is -2.24. The first-order chi connectivity index (χ1) is 10.7. The molecule has 1 amide bonds. The zero-order valence-electron chi connectivity index (χ0n) is 12.1. The van der Waals surface area contributed by atoms with E-state index in [1.54, 1.807) is 36.7 Å². The molecule has 1 aromatic carbocycles.